The summed E-state index contributed by atoms with van der Waals surface area (Å²) < 4.78 is 0. The lowest BCUT2D eigenvalue weighted by atomic mass is 9.76. The summed E-state index contributed by atoms with van der Waals surface area (Å²) in [4.78, 5) is 10.5. The van der Waals surface area contributed by atoms with Gasteiger partial charge in [0.15, 0.2) is 0 Å². The molecule has 0 aliphatic heterocycles. The monoisotopic (exact) mass is 206 g/mol. The van der Waals surface area contributed by atoms with Crippen LogP contribution >= 0.6 is 0 Å². The molecule has 0 radical (unpaired) electrons. The predicted molar refractivity (Wildman–Crippen MR) is 64.7 cm³/mol. The third-order valence-electron chi connectivity index (χ3n) is 4.09. The minimum atomic E-state index is 0.295. The highest BCUT2D eigenvalue weighted by atomic mass is 16.1. The quantitative estimate of drug-likeness (QED) is 0.389. The molecule has 1 rings (SSSR count). The molecule has 1 unspecified atom stereocenters. The molecular formula is C14H22O. The molecule has 1 nitrogen and oxygen atoms in total. The van der Waals surface area contributed by atoms with Crippen molar-refractivity contribution in [1.29, 1.82) is 0 Å². The summed E-state index contributed by atoms with van der Waals surface area (Å²) in [5.41, 5.74) is 4.21. The van der Waals surface area contributed by atoms with E-state index in [1.165, 1.54) is 17.6 Å². The van der Waals surface area contributed by atoms with E-state index in [-0.39, 0.29) is 0 Å². The van der Waals surface area contributed by atoms with Crippen LogP contribution in [0.4, 0.5) is 0 Å². The Labute approximate surface area is 93.3 Å². The van der Waals surface area contributed by atoms with E-state index in [0.29, 0.717) is 11.3 Å². The van der Waals surface area contributed by atoms with Gasteiger partial charge in [-0.2, -0.15) is 0 Å². The SMILES string of the molecule is CC(C=O)=CCC1CC(C)=C(C)C1(C)C. The van der Waals surface area contributed by atoms with Crippen LogP contribution in [0.25, 0.3) is 0 Å². The van der Waals surface area contributed by atoms with Crippen molar-refractivity contribution in [3.8, 4) is 0 Å². The van der Waals surface area contributed by atoms with E-state index in [0.717, 1.165) is 18.3 Å². The molecule has 0 aromatic heterocycles. The molecule has 15 heavy (non-hydrogen) atoms. The Morgan fingerprint density at radius 2 is 2.07 bits per heavy atom. The van der Waals surface area contributed by atoms with Crippen molar-refractivity contribution in [2.24, 2.45) is 11.3 Å². The molecule has 0 aromatic rings. The molecule has 0 aromatic carbocycles. The maximum atomic E-state index is 10.5. The van der Waals surface area contributed by atoms with Crippen LogP contribution < -0.4 is 0 Å². The van der Waals surface area contributed by atoms with Crippen LogP contribution in [0.5, 0.6) is 0 Å². The second-order valence-corrected chi connectivity index (χ2v) is 5.33. The number of hydrogen-bond donors (Lipinski definition) is 0. The average molecular weight is 206 g/mol. The van der Waals surface area contributed by atoms with E-state index < -0.39 is 0 Å². The summed E-state index contributed by atoms with van der Waals surface area (Å²) in [5.74, 6) is 0.660. The summed E-state index contributed by atoms with van der Waals surface area (Å²) in [6.07, 6.45) is 5.22. The van der Waals surface area contributed by atoms with Crippen molar-refractivity contribution in [2.45, 2.75) is 47.5 Å². The molecular weight excluding hydrogens is 184 g/mol. The van der Waals surface area contributed by atoms with Crippen LogP contribution in [0.2, 0.25) is 0 Å². The number of carbonyl (C=O) groups is 1. The molecule has 0 saturated heterocycles. The topological polar surface area (TPSA) is 17.1 Å². The van der Waals surface area contributed by atoms with Crippen LogP contribution in [0.1, 0.15) is 47.5 Å². The number of allylic oxidation sites excluding steroid dienone is 4. The van der Waals surface area contributed by atoms with Crippen molar-refractivity contribution in [3.63, 3.8) is 0 Å². The minimum Gasteiger partial charge on any atom is -0.298 e. The van der Waals surface area contributed by atoms with Crippen molar-refractivity contribution in [2.75, 3.05) is 0 Å². The van der Waals surface area contributed by atoms with E-state index in [9.17, 15) is 4.79 Å². The first-order valence-corrected chi connectivity index (χ1v) is 5.68. The molecule has 1 aliphatic rings. The molecule has 0 bridgehead atoms. The zero-order valence-electron chi connectivity index (χ0n) is 10.6. The van der Waals surface area contributed by atoms with E-state index in [2.05, 4.69) is 33.8 Å². The highest BCUT2D eigenvalue weighted by molar-refractivity contribution is 5.71. The standard InChI is InChI=1S/C14H22O/c1-10(9-15)6-7-13-8-11(2)12(3)14(13,4)5/h6,9,13H,7-8H2,1-5H3. The van der Waals surface area contributed by atoms with Crippen molar-refractivity contribution < 1.29 is 4.79 Å². The lowest BCUT2D eigenvalue weighted by Gasteiger charge is -2.28. The van der Waals surface area contributed by atoms with E-state index in [1.807, 2.05) is 6.92 Å². The fraction of sp³-hybridized carbons (Fsp3) is 0.643. The Kier molecular flexibility index (Phi) is 3.54. The first kappa shape index (κ1) is 12.2. The molecule has 84 valence electrons. The fourth-order valence-electron chi connectivity index (χ4n) is 2.39. The lowest BCUT2D eigenvalue weighted by Crippen LogP contribution is -2.19. The summed E-state index contributed by atoms with van der Waals surface area (Å²) in [7, 11) is 0. The Morgan fingerprint density at radius 3 is 2.47 bits per heavy atom. The van der Waals surface area contributed by atoms with Crippen LogP contribution in [0.15, 0.2) is 22.8 Å². The lowest BCUT2D eigenvalue weighted by molar-refractivity contribution is -0.104. The molecule has 0 fully saturated rings. The third kappa shape index (κ3) is 2.39. The van der Waals surface area contributed by atoms with Gasteiger partial charge in [0.05, 0.1) is 0 Å². The molecule has 0 N–H and O–H groups in total. The molecule has 0 spiro atoms. The summed E-state index contributed by atoms with van der Waals surface area (Å²) in [5, 5.41) is 0. The van der Waals surface area contributed by atoms with Crippen LogP contribution in [0, 0.1) is 11.3 Å². The Bertz CT molecular complexity index is 318. The Balaban J connectivity index is 2.73. The Hall–Kier alpha value is -0.850. The smallest absolute Gasteiger partial charge is 0.145 e. The van der Waals surface area contributed by atoms with Gasteiger partial charge in [0.1, 0.15) is 6.29 Å². The predicted octanol–water partition coefficient (Wildman–Crippen LogP) is 3.90. The number of hydrogen-bond acceptors (Lipinski definition) is 1. The van der Waals surface area contributed by atoms with Gasteiger partial charge in [0, 0.05) is 0 Å². The minimum absolute atomic E-state index is 0.295. The molecule has 1 aliphatic carbocycles. The number of aldehydes is 1. The maximum Gasteiger partial charge on any atom is 0.145 e. The van der Waals surface area contributed by atoms with Gasteiger partial charge in [-0.1, -0.05) is 31.1 Å². The largest absolute Gasteiger partial charge is 0.298 e. The maximum absolute atomic E-state index is 10.5. The zero-order valence-corrected chi connectivity index (χ0v) is 10.6. The first-order chi connectivity index (χ1) is 6.89. The number of carbonyl (C=O) groups excluding carboxylic acids is 1. The Morgan fingerprint density at radius 1 is 1.47 bits per heavy atom. The van der Waals surface area contributed by atoms with Gasteiger partial charge >= 0.3 is 0 Å². The fourth-order valence-corrected chi connectivity index (χ4v) is 2.39. The van der Waals surface area contributed by atoms with Gasteiger partial charge in [0.25, 0.3) is 0 Å². The van der Waals surface area contributed by atoms with Gasteiger partial charge in [-0.25, -0.2) is 0 Å². The summed E-state index contributed by atoms with van der Waals surface area (Å²) in [6, 6.07) is 0. The summed E-state index contributed by atoms with van der Waals surface area (Å²) >= 11 is 0. The van der Waals surface area contributed by atoms with Gasteiger partial charge in [-0.3, -0.25) is 4.79 Å². The second-order valence-electron chi connectivity index (χ2n) is 5.33. The van der Waals surface area contributed by atoms with Gasteiger partial charge in [-0.15, -0.1) is 0 Å². The highest BCUT2D eigenvalue weighted by Crippen LogP contribution is 2.48. The van der Waals surface area contributed by atoms with Crippen LogP contribution in [-0.4, -0.2) is 6.29 Å². The zero-order chi connectivity index (χ0) is 11.6. The van der Waals surface area contributed by atoms with Crippen LogP contribution in [0.3, 0.4) is 0 Å². The molecule has 1 heteroatoms. The van der Waals surface area contributed by atoms with Gasteiger partial charge < -0.3 is 0 Å². The molecule has 0 saturated carbocycles. The van der Waals surface area contributed by atoms with E-state index in [1.54, 1.807) is 0 Å². The first-order valence-electron chi connectivity index (χ1n) is 5.68. The normalized spacial score (nSPS) is 25.9. The van der Waals surface area contributed by atoms with E-state index in [4.69, 9.17) is 0 Å². The number of rotatable bonds is 3. The molecule has 0 heterocycles. The molecule has 0 amide bonds. The van der Waals surface area contributed by atoms with Gasteiger partial charge in [-0.05, 0) is 50.5 Å². The molecule has 1 atom stereocenters. The van der Waals surface area contributed by atoms with Crippen molar-refractivity contribution in [1.82, 2.24) is 0 Å². The van der Waals surface area contributed by atoms with Crippen LogP contribution in [-0.2, 0) is 4.79 Å². The highest BCUT2D eigenvalue weighted by Gasteiger charge is 2.36. The third-order valence-corrected chi connectivity index (χ3v) is 4.09. The van der Waals surface area contributed by atoms with Gasteiger partial charge in [0.2, 0.25) is 0 Å². The van der Waals surface area contributed by atoms with Crippen molar-refractivity contribution >= 4 is 6.29 Å². The average Bonchev–Trinajstić information content (AvgIpc) is 2.38. The van der Waals surface area contributed by atoms with Crippen molar-refractivity contribution in [3.05, 3.63) is 22.8 Å². The summed E-state index contributed by atoms with van der Waals surface area (Å²) in [6.45, 7) is 11.0. The second kappa shape index (κ2) is 4.34. The van der Waals surface area contributed by atoms with E-state index >= 15 is 0 Å².